The van der Waals surface area contributed by atoms with Crippen LogP contribution >= 0.6 is 0 Å². The molecule has 0 bridgehead atoms. The summed E-state index contributed by atoms with van der Waals surface area (Å²) in [7, 11) is 0. The molecule has 0 aromatic heterocycles. The van der Waals surface area contributed by atoms with Gasteiger partial charge in [-0.2, -0.15) is 0 Å². The fourth-order valence-corrected chi connectivity index (χ4v) is 2.80. The summed E-state index contributed by atoms with van der Waals surface area (Å²) in [6.07, 6.45) is 0. The predicted octanol–water partition coefficient (Wildman–Crippen LogP) is 1.53. The van der Waals surface area contributed by atoms with Crippen LogP contribution in [0.2, 0.25) is 0 Å². The van der Waals surface area contributed by atoms with Crippen LogP contribution in [0.5, 0.6) is 11.5 Å². The van der Waals surface area contributed by atoms with Gasteiger partial charge in [0.1, 0.15) is 0 Å². The lowest BCUT2D eigenvalue weighted by molar-refractivity contribution is -0.0869. The van der Waals surface area contributed by atoms with Gasteiger partial charge >= 0.3 is 0 Å². The first-order chi connectivity index (χ1) is 9.53. The van der Waals surface area contributed by atoms with Gasteiger partial charge in [0.05, 0.1) is 12.2 Å². The first-order valence-electron chi connectivity index (χ1n) is 7.05. The number of ether oxygens (including phenoxy) is 3. The molecular weight excluding hydrogens is 256 g/mol. The molecule has 2 heterocycles. The highest BCUT2D eigenvalue weighted by Gasteiger charge is 2.28. The lowest BCUT2D eigenvalue weighted by Crippen LogP contribution is -2.50. The Hall–Kier alpha value is -1.30. The summed E-state index contributed by atoms with van der Waals surface area (Å²) in [5.41, 5.74) is 7.32. The molecule has 1 unspecified atom stereocenters. The topological polar surface area (TPSA) is 57.0 Å². The summed E-state index contributed by atoms with van der Waals surface area (Å²) in [5.74, 6) is 1.59. The second kappa shape index (κ2) is 5.24. The average Bonchev–Trinajstić information content (AvgIpc) is 2.84. The molecule has 1 aromatic rings. The van der Waals surface area contributed by atoms with Crippen molar-refractivity contribution >= 4 is 0 Å². The molecule has 0 spiro atoms. The van der Waals surface area contributed by atoms with E-state index in [-0.39, 0.29) is 11.6 Å². The predicted molar refractivity (Wildman–Crippen MR) is 76.0 cm³/mol. The van der Waals surface area contributed by atoms with Gasteiger partial charge in [-0.05, 0) is 31.5 Å². The largest absolute Gasteiger partial charge is 0.454 e. The van der Waals surface area contributed by atoms with E-state index in [4.69, 9.17) is 19.9 Å². The molecule has 1 fully saturated rings. The minimum Gasteiger partial charge on any atom is -0.454 e. The Morgan fingerprint density at radius 3 is 2.90 bits per heavy atom. The first kappa shape index (κ1) is 13.7. The zero-order valence-corrected chi connectivity index (χ0v) is 12.1. The maximum Gasteiger partial charge on any atom is 0.231 e. The molecule has 0 aliphatic carbocycles. The number of rotatable bonds is 3. The summed E-state index contributed by atoms with van der Waals surface area (Å²) in [6, 6.07) is 5.90. The molecule has 2 N–H and O–H groups in total. The van der Waals surface area contributed by atoms with Crippen molar-refractivity contribution in [2.24, 2.45) is 5.73 Å². The van der Waals surface area contributed by atoms with Crippen molar-refractivity contribution in [3.8, 4) is 11.5 Å². The molecule has 2 aliphatic rings. The average molecular weight is 278 g/mol. The van der Waals surface area contributed by atoms with Crippen molar-refractivity contribution in [1.82, 2.24) is 4.90 Å². The first-order valence-corrected chi connectivity index (χ1v) is 7.05. The van der Waals surface area contributed by atoms with Gasteiger partial charge in [0, 0.05) is 25.7 Å². The van der Waals surface area contributed by atoms with E-state index < -0.39 is 0 Å². The maximum atomic E-state index is 6.33. The van der Waals surface area contributed by atoms with Gasteiger partial charge in [-0.3, -0.25) is 4.90 Å². The molecule has 110 valence electrons. The number of hydrogen-bond acceptors (Lipinski definition) is 5. The quantitative estimate of drug-likeness (QED) is 0.908. The molecule has 0 radical (unpaired) electrons. The second-order valence-electron chi connectivity index (χ2n) is 6.06. The molecule has 2 aliphatic heterocycles. The maximum absolute atomic E-state index is 6.33. The highest BCUT2D eigenvalue weighted by molar-refractivity contribution is 5.45. The fraction of sp³-hybridized carbons (Fsp3) is 0.600. The number of nitrogens with zero attached hydrogens (tertiary/aromatic N) is 1. The SMILES string of the molecule is CC1(C)CN(CC(N)c2ccc3c(c2)OCO3)CCO1. The van der Waals surface area contributed by atoms with Crippen LogP contribution in [0.4, 0.5) is 0 Å². The monoisotopic (exact) mass is 278 g/mol. The summed E-state index contributed by atoms with van der Waals surface area (Å²) in [6.45, 7) is 7.96. The van der Waals surface area contributed by atoms with Gasteiger partial charge in [0.15, 0.2) is 11.5 Å². The van der Waals surface area contributed by atoms with Crippen molar-refractivity contribution < 1.29 is 14.2 Å². The van der Waals surface area contributed by atoms with Crippen molar-refractivity contribution in [3.63, 3.8) is 0 Å². The number of benzene rings is 1. The van der Waals surface area contributed by atoms with Gasteiger partial charge in [-0.25, -0.2) is 0 Å². The Labute approximate surface area is 119 Å². The summed E-state index contributed by atoms with van der Waals surface area (Å²) >= 11 is 0. The molecule has 20 heavy (non-hydrogen) atoms. The van der Waals surface area contributed by atoms with E-state index in [9.17, 15) is 0 Å². The van der Waals surface area contributed by atoms with E-state index >= 15 is 0 Å². The number of morpholine rings is 1. The third kappa shape index (κ3) is 2.90. The molecule has 3 rings (SSSR count). The Morgan fingerprint density at radius 2 is 2.10 bits per heavy atom. The summed E-state index contributed by atoms with van der Waals surface area (Å²) < 4.78 is 16.4. The lowest BCUT2D eigenvalue weighted by Gasteiger charge is -2.39. The van der Waals surface area contributed by atoms with Crippen LogP contribution in [0.3, 0.4) is 0 Å². The smallest absolute Gasteiger partial charge is 0.231 e. The standard InChI is InChI=1S/C15H22N2O3/c1-15(2)9-17(5-6-20-15)8-12(16)11-3-4-13-14(7-11)19-10-18-13/h3-4,7,12H,5-6,8-10,16H2,1-2H3. The van der Waals surface area contributed by atoms with Gasteiger partial charge in [0.2, 0.25) is 6.79 Å². The Bertz CT molecular complexity index is 490. The van der Waals surface area contributed by atoms with Gasteiger partial charge < -0.3 is 19.9 Å². The van der Waals surface area contributed by atoms with Crippen LogP contribution in [0.1, 0.15) is 25.5 Å². The molecule has 1 saturated heterocycles. The van der Waals surface area contributed by atoms with Crippen LogP contribution < -0.4 is 15.2 Å². The van der Waals surface area contributed by atoms with E-state index in [1.807, 2.05) is 18.2 Å². The van der Waals surface area contributed by atoms with Gasteiger partial charge in [0.25, 0.3) is 0 Å². The second-order valence-corrected chi connectivity index (χ2v) is 6.06. The van der Waals surface area contributed by atoms with Crippen molar-refractivity contribution in [3.05, 3.63) is 23.8 Å². The third-order valence-electron chi connectivity index (χ3n) is 3.78. The summed E-state index contributed by atoms with van der Waals surface area (Å²) in [4.78, 5) is 2.36. The molecule has 0 saturated carbocycles. The molecule has 1 atom stereocenters. The fourth-order valence-electron chi connectivity index (χ4n) is 2.80. The Kier molecular flexibility index (Phi) is 3.58. The molecule has 1 aromatic carbocycles. The van der Waals surface area contributed by atoms with E-state index in [2.05, 4.69) is 18.7 Å². The van der Waals surface area contributed by atoms with Gasteiger partial charge in [-0.1, -0.05) is 6.07 Å². The third-order valence-corrected chi connectivity index (χ3v) is 3.78. The van der Waals surface area contributed by atoms with Crippen LogP contribution in [0.25, 0.3) is 0 Å². The van der Waals surface area contributed by atoms with Crippen LogP contribution in [0, 0.1) is 0 Å². The van der Waals surface area contributed by atoms with Crippen LogP contribution in [0.15, 0.2) is 18.2 Å². The molecule has 5 heteroatoms. The minimum atomic E-state index is -0.0904. The highest BCUT2D eigenvalue weighted by atomic mass is 16.7. The lowest BCUT2D eigenvalue weighted by atomic mass is 10.0. The van der Waals surface area contributed by atoms with Crippen molar-refractivity contribution in [1.29, 1.82) is 0 Å². The number of fused-ring (bicyclic) bond motifs is 1. The number of hydrogen-bond donors (Lipinski definition) is 1. The zero-order valence-electron chi connectivity index (χ0n) is 12.1. The highest BCUT2D eigenvalue weighted by Crippen LogP contribution is 2.34. The molecule has 0 amide bonds. The van der Waals surface area contributed by atoms with Gasteiger partial charge in [-0.15, -0.1) is 0 Å². The minimum absolute atomic E-state index is 0.0293. The Balaban J connectivity index is 1.65. The molecular formula is C15H22N2O3. The Morgan fingerprint density at radius 1 is 1.30 bits per heavy atom. The van der Waals surface area contributed by atoms with E-state index in [0.29, 0.717) is 6.79 Å². The van der Waals surface area contributed by atoms with Crippen LogP contribution in [-0.4, -0.2) is 43.5 Å². The van der Waals surface area contributed by atoms with Crippen LogP contribution in [-0.2, 0) is 4.74 Å². The number of nitrogens with two attached hydrogens (primary N) is 1. The summed E-state index contributed by atoms with van der Waals surface area (Å²) in [5, 5.41) is 0. The van der Waals surface area contributed by atoms with E-state index in [0.717, 1.165) is 43.3 Å². The molecule has 5 nitrogen and oxygen atoms in total. The zero-order chi connectivity index (χ0) is 14.2. The normalized spacial score (nSPS) is 22.8. The van der Waals surface area contributed by atoms with E-state index in [1.165, 1.54) is 0 Å². The van der Waals surface area contributed by atoms with Crippen molar-refractivity contribution in [2.75, 3.05) is 33.0 Å². The van der Waals surface area contributed by atoms with E-state index in [1.54, 1.807) is 0 Å². The van der Waals surface area contributed by atoms with Crippen molar-refractivity contribution in [2.45, 2.75) is 25.5 Å².